The molecule has 3 aromatic carbocycles. The Morgan fingerprint density at radius 2 is 1.81 bits per heavy atom. The highest BCUT2D eigenvalue weighted by Gasteiger charge is 2.11. The van der Waals surface area contributed by atoms with Crippen LogP contribution in [0.15, 0.2) is 74.7 Å². The number of hydrogen-bond acceptors (Lipinski definition) is 4. The molecule has 0 fully saturated rings. The first kappa shape index (κ1) is 23.0. The van der Waals surface area contributed by atoms with Crippen LogP contribution in [0.3, 0.4) is 0 Å². The molecular formula is C23H19Br2FN2O3. The van der Waals surface area contributed by atoms with Crippen LogP contribution in [-0.4, -0.2) is 18.7 Å². The van der Waals surface area contributed by atoms with Crippen molar-refractivity contribution in [3.8, 4) is 11.5 Å². The van der Waals surface area contributed by atoms with E-state index in [1.165, 1.54) is 24.4 Å². The largest absolute Gasteiger partial charge is 0.490 e. The molecule has 0 saturated carbocycles. The Kier molecular flexibility index (Phi) is 8.20. The maximum absolute atomic E-state index is 13.3. The van der Waals surface area contributed by atoms with Crippen LogP contribution >= 0.6 is 31.9 Å². The summed E-state index contributed by atoms with van der Waals surface area (Å²) in [6.45, 7) is 2.73. The van der Waals surface area contributed by atoms with Gasteiger partial charge in [-0.25, -0.2) is 9.82 Å². The second kappa shape index (κ2) is 11.1. The second-order valence-electron chi connectivity index (χ2n) is 6.38. The predicted molar refractivity (Wildman–Crippen MR) is 125 cm³/mol. The monoisotopic (exact) mass is 548 g/mol. The van der Waals surface area contributed by atoms with E-state index in [0.717, 1.165) is 16.1 Å². The van der Waals surface area contributed by atoms with Crippen molar-refractivity contribution in [2.24, 2.45) is 5.10 Å². The maximum Gasteiger partial charge on any atom is 0.271 e. The van der Waals surface area contributed by atoms with Crippen molar-refractivity contribution < 1.29 is 18.7 Å². The second-order valence-corrected chi connectivity index (χ2v) is 8.15. The van der Waals surface area contributed by atoms with Gasteiger partial charge < -0.3 is 9.47 Å². The van der Waals surface area contributed by atoms with Crippen LogP contribution in [0, 0.1) is 5.82 Å². The molecular weight excluding hydrogens is 531 g/mol. The Bertz CT molecular complexity index is 1090. The van der Waals surface area contributed by atoms with Gasteiger partial charge in [-0.2, -0.15) is 5.10 Å². The van der Waals surface area contributed by atoms with Gasteiger partial charge in [0.25, 0.3) is 5.91 Å². The van der Waals surface area contributed by atoms with E-state index in [1.807, 2.05) is 31.2 Å². The average Bonchev–Trinajstić information content (AvgIpc) is 2.75. The van der Waals surface area contributed by atoms with Gasteiger partial charge in [0, 0.05) is 20.1 Å². The molecule has 0 spiro atoms. The smallest absolute Gasteiger partial charge is 0.271 e. The number of nitrogens with one attached hydrogen (secondary N) is 1. The zero-order valence-corrected chi connectivity index (χ0v) is 19.7. The summed E-state index contributed by atoms with van der Waals surface area (Å²) in [6, 6.07) is 16.8. The number of rotatable bonds is 8. The Hall–Kier alpha value is -2.71. The average molecular weight is 550 g/mol. The van der Waals surface area contributed by atoms with Crippen molar-refractivity contribution in [3.05, 3.63) is 92.1 Å². The van der Waals surface area contributed by atoms with E-state index in [9.17, 15) is 9.18 Å². The summed E-state index contributed by atoms with van der Waals surface area (Å²) in [5.41, 5.74) is 4.27. The summed E-state index contributed by atoms with van der Waals surface area (Å²) >= 11 is 6.91. The fourth-order valence-corrected chi connectivity index (χ4v) is 3.32. The molecule has 0 heterocycles. The van der Waals surface area contributed by atoms with Crippen molar-refractivity contribution in [2.45, 2.75) is 13.5 Å². The molecule has 0 aromatic heterocycles. The van der Waals surface area contributed by atoms with Crippen molar-refractivity contribution in [2.75, 3.05) is 6.61 Å². The number of benzene rings is 3. The molecule has 31 heavy (non-hydrogen) atoms. The molecule has 1 N–H and O–H groups in total. The highest BCUT2D eigenvalue weighted by atomic mass is 79.9. The molecule has 0 aliphatic heterocycles. The van der Waals surface area contributed by atoms with Gasteiger partial charge in [0.05, 0.1) is 12.8 Å². The van der Waals surface area contributed by atoms with Gasteiger partial charge in [-0.1, -0.05) is 34.1 Å². The molecule has 0 radical (unpaired) electrons. The Morgan fingerprint density at radius 1 is 1.06 bits per heavy atom. The van der Waals surface area contributed by atoms with Crippen LogP contribution in [0.2, 0.25) is 0 Å². The first-order valence-corrected chi connectivity index (χ1v) is 11.0. The molecule has 1 amide bonds. The minimum atomic E-state index is -0.508. The van der Waals surface area contributed by atoms with Crippen LogP contribution in [0.1, 0.15) is 28.4 Å². The number of halogens is 3. The van der Waals surface area contributed by atoms with Gasteiger partial charge in [0.1, 0.15) is 12.4 Å². The Balaban J connectivity index is 1.72. The van der Waals surface area contributed by atoms with Gasteiger partial charge in [-0.3, -0.25) is 4.79 Å². The SMILES string of the molecule is CCOc1cc(/C=N\NC(=O)c2cccc(F)c2)c(Br)cc1OCc1ccc(Br)cc1. The van der Waals surface area contributed by atoms with E-state index in [2.05, 4.69) is 42.4 Å². The summed E-state index contributed by atoms with van der Waals surface area (Å²) in [6.07, 6.45) is 1.47. The number of carbonyl (C=O) groups is 1. The standard InChI is InChI=1S/C23H19Br2FN2O3/c1-2-30-21-11-17(13-27-28-23(29)16-4-3-5-19(26)10-16)20(25)12-22(21)31-14-15-6-8-18(24)9-7-15/h3-13H,2,14H2,1H3,(H,28,29)/b27-13-. The molecule has 0 aliphatic carbocycles. The molecule has 160 valence electrons. The predicted octanol–water partition coefficient (Wildman–Crippen LogP) is 6.09. The first-order valence-electron chi connectivity index (χ1n) is 9.39. The summed E-state index contributed by atoms with van der Waals surface area (Å²) in [5, 5.41) is 3.96. The number of hydrogen-bond donors (Lipinski definition) is 1. The van der Waals surface area contributed by atoms with Gasteiger partial charge >= 0.3 is 0 Å². The van der Waals surface area contributed by atoms with Crippen LogP contribution in [0.25, 0.3) is 0 Å². The first-order chi connectivity index (χ1) is 15.0. The fourth-order valence-electron chi connectivity index (χ4n) is 2.63. The lowest BCUT2D eigenvalue weighted by Gasteiger charge is -2.14. The van der Waals surface area contributed by atoms with Crippen molar-refractivity contribution in [1.82, 2.24) is 5.43 Å². The number of hydrazone groups is 1. The van der Waals surface area contributed by atoms with E-state index < -0.39 is 11.7 Å². The summed E-state index contributed by atoms with van der Waals surface area (Å²) in [7, 11) is 0. The minimum Gasteiger partial charge on any atom is -0.490 e. The van der Waals surface area contributed by atoms with Crippen LogP contribution in [-0.2, 0) is 6.61 Å². The zero-order chi connectivity index (χ0) is 22.2. The van der Waals surface area contributed by atoms with Crippen LogP contribution in [0.4, 0.5) is 4.39 Å². The number of amides is 1. The molecule has 0 unspecified atom stereocenters. The van der Waals surface area contributed by atoms with Gasteiger partial charge in [-0.05, 0) is 70.9 Å². The number of nitrogens with zero attached hydrogens (tertiary/aromatic N) is 1. The van der Waals surface area contributed by atoms with Gasteiger partial charge in [0.2, 0.25) is 0 Å². The highest BCUT2D eigenvalue weighted by molar-refractivity contribution is 9.10. The lowest BCUT2D eigenvalue weighted by atomic mass is 10.2. The van der Waals surface area contributed by atoms with E-state index in [0.29, 0.717) is 34.7 Å². The Labute approximate surface area is 196 Å². The van der Waals surface area contributed by atoms with Crippen LogP contribution in [0.5, 0.6) is 11.5 Å². The summed E-state index contributed by atoms with van der Waals surface area (Å²) in [4.78, 5) is 12.1. The quantitative estimate of drug-likeness (QED) is 0.273. The lowest BCUT2D eigenvalue weighted by molar-refractivity contribution is 0.0954. The number of ether oxygens (including phenoxy) is 2. The topological polar surface area (TPSA) is 59.9 Å². The fraction of sp³-hybridized carbons (Fsp3) is 0.130. The normalized spacial score (nSPS) is 10.8. The molecule has 3 aromatic rings. The molecule has 0 saturated heterocycles. The van der Waals surface area contributed by atoms with E-state index in [1.54, 1.807) is 12.1 Å². The maximum atomic E-state index is 13.3. The van der Waals surface area contributed by atoms with E-state index >= 15 is 0 Å². The summed E-state index contributed by atoms with van der Waals surface area (Å²) < 4.78 is 26.6. The summed E-state index contributed by atoms with van der Waals surface area (Å²) in [5.74, 6) is 0.143. The molecule has 0 aliphatic rings. The minimum absolute atomic E-state index is 0.183. The molecule has 8 heteroatoms. The van der Waals surface area contributed by atoms with Gasteiger partial charge in [-0.15, -0.1) is 0 Å². The lowest BCUT2D eigenvalue weighted by Crippen LogP contribution is -2.17. The highest BCUT2D eigenvalue weighted by Crippen LogP contribution is 2.34. The van der Waals surface area contributed by atoms with Crippen molar-refractivity contribution >= 4 is 44.0 Å². The van der Waals surface area contributed by atoms with Crippen molar-refractivity contribution in [1.29, 1.82) is 0 Å². The molecule has 5 nitrogen and oxygen atoms in total. The van der Waals surface area contributed by atoms with Crippen molar-refractivity contribution in [3.63, 3.8) is 0 Å². The third-order valence-corrected chi connectivity index (χ3v) is 5.34. The van der Waals surface area contributed by atoms with Crippen LogP contribution < -0.4 is 14.9 Å². The van der Waals surface area contributed by atoms with Gasteiger partial charge in [0.15, 0.2) is 11.5 Å². The molecule has 3 rings (SSSR count). The Morgan fingerprint density at radius 3 is 2.52 bits per heavy atom. The van der Waals surface area contributed by atoms with E-state index in [4.69, 9.17) is 9.47 Å². The number of carbonyl (C=O) groups excluding carboxylic acids is 1. The molecule has 0 bridgehead atoms. The van der Waals surface area contributed by atoms with E-state index in [-0.39, 0.29) is 5.56 Å². The molecule has 0 atom stereocenters. The third-order valence-electron chi connectivity index (χ3n) is 4.13. The zero-order valence-electron chi connectivity index (χ0n) is 16.6. The third kappa shape index (κ3) is 6.63.